The van der Waals surface area contributed by atoms with Gasteiger partial charge in [-0.2, -0.15) is 0 Å². The second-order valence-electron chi connectivity index (χ2n) is 5.20. The predicted octanol–water partition coefficient (Wildman–Crippen LogP) is 2.68. The molecule has 0 aliphatic carbocycles. The molecule has 5 nitrogen and oxygen atoms in total. The first-order valence-electron chi connectivity index (χ1n) is 7.16. The van der Waals surface area contributed by atoms with Crippen molar-refractivity contribution in [2.45, 2.75) is 12.5 Å². The number of carbonyl (C=O) groups is 1. The molecule has 1 unspecified atom stereocenters. The summed E-state index contributed by atoms with van der Waals surface area (Å²) >= 11 is 0. The number of hydrogen-bond donors (Lipinski definition) is 0. The smallest absolute Gasteiger partial charge is 0.254 e. The van der Waals surface area contributed by atoms with E-state index in [-0.39, 0.29) is 11.9 Å². The summed E-state index contributed by atoms with van der Waals surface area (Å²) in [6, 6.07) is 13.2. The molecule has 4 rings (SSSR count). The maximum atomic E-state index is 12.8. The Bertz CT molecular complexity index is 799. The fraction of sp³-hybridized carbons (Fsp3) is 0.118. The van der Waals surface area contributed by atoms with Crippen molar-refractivity contribution < 1.29 is 4.79 Å². The fourth-order valence-electron chi connectivity index (χ4n) is 2.90. The standard InChI is InChI=1S/C17H14N4O/c22-16(20-10-3-4-11-20)15-12-13-6-1-2-7-14(13)21(15)17-18-8-5-9-19-17/h1-11,15H,12H2. The zero-order valence-electron chi connectivity index (χ0n) is 11.8. The van der Waals surface area contributed by atoms with E-state index in [0.29, 0.717) is 12.4 Å². The SMILES string of the molecule is O=C(C1Cc2ccccc2N1c1ncccn1)n1cccc1. The van der Waals surface area contributed by atoms with Crippen LogP contribution in [0.15, 0.2) is 67.3 Å². The molecule has 2 aromatic heterocycles. The molecule has 1 aromatic carbocycles. The zero-order chi connectivity index (χ0) is 14.9. The molecule has 0 saturated heterocycles. The van der Waals surface area contributed by atoms with E-state index < -0.39 is 0 Å². The normalized spacial score (nSPS) is 16.5. The molecule has 0 N–H and O–H groups in total. The first-order valence-corrected chi connectivity index (χ1v) is 7.16. The Hall–Kier alpha value is -2.95. The van der Waals surface area contributed by atoms with Gasteiger partial charge in [-0.25, -0.2) is 9.97 Å². The van der Waals surface area contributed by atoms with Crippen LogP contribution in [0.4, 0.5) is 11.6 Å². The summed E-state index contributed by atoms with van der Waals surface area (Å²) in [4.78, 5) is 23.4. The Labute approximate surface area is 127 Å². The molecular weight excluding hydrogens is 276 g/mol. The summed E-state index contributed by atoms with van der Waals surface area (Å²) in [6.45, 7) is 0. The summed E-state index contributed by atoms with van der Waals surface area (Å²) in [6.07, 6.45) is 7.59. The molecular formula is C17H14N4O. The first kappa shape index (κ1) is 12.8. The van der Waals surface area contributed by atoms with Gasteiger partial charge in [0.05, 0.1) is 0 Å². The van der Waals surface area contributed by atoms with Crippen molar-refractivity contribution >= 4 is 17.5 Å². The Morgan fingerprint density at radius 2 is 1.73 bits per heavy atom. The molecule has 3 heterocycles. The number of nitrogens with zero attached hydrogens (tertiary/aromatic N) is 4. The van der Waals surface area contributed by atoms with Gasteiger partial charge in [0.1, 0.15) is 6.04 Å². The minimum Gasteiger partial charge on any atom is -0.297 e. The number of hydrogen-bond acceptors (Lipinski definition) is 4. The van der Waals surface area contributed by atoms with E-state index in [2.05, 4.69) is 9.97 Å². The van der Waals surface area contributed by atoms with Gasteiger partial charge in [0.15, 0.2) is 0 Å². The molecule has 0 fully saturated rings. The van der Waals surface area contributed by atoms with Crippen molar-refractivity contribution in [2.75, 3.05) is 4.90 Å². The lowest BCUT2D eigenvalue weighted by atomic mass is 10.1. The van der Waals surface area contributed by atoms with Crippen LogP contribution in [-0.4, -0.2) is 26.5 Å². The quantitative estimate of drug-likeness (QED) is 0.728. The molecule has 1 aliphatic heterocycles. The van der Waals surface area contributed by atoms with Gasteiger partial charge in [-0.15, -0.1) is 0 Å². The van der Waals surface area contributed by atoms with Gasteiger partial charge in [0.2, 0.25) is 5.95 Å². The highest BCUT2D eigenvalue weighted by molar-refractivity contribution is 5.92. The van der Waals surface area contributed by atoms with Crippen molar-refractivity contribution in [3.05, 3.63) is 72.8 Å². The van der Waals surface area contributed by atoms with Crippen molar-refractivity contribution in [1.29, 1.82) is 0 Å². The van der Waals surface area contributed by atoms with Gasteiger partial charge in [-0.05, 0) is 29.8 Å². The maximum Gasteiger partial charge on any atom is 0.254 e. The van der Waals surface area contributed by atoms with Gasteiger partial charge < -0.3 is 0 Å². The summed E-state index contributed by atoms with van der Waals surface area (Å²) in [7, 11) is 0. The molecule has 0 bridgehead atoms. The van der Waals surface area contributed by atoms with Gasteiger partial charge in [0.25, 0.3) is 5.91 Å². The van der Waals surface area contributed by atoms with E-state index in [1.807, 2.05) is 41.3 Å². The molecule has 5 heteroatoms. The molecule has 22 heavy (non-hydrogen) atoms. The van der Waals surface area contributed by atoms with E-state index >= 15 is 0 Å². The Kier molecular flexibility index (Phi) is 2.96. The summed E-state index contributed by atoms with van der Waals surface area (Å²) in [5.74, 6) is 0.576. The lowest BCUT2D eigenvalue weighted by molar-refractivity contribution is 0.0882. The number of aromatic nitrogens is 3. The van der Waals surface area contributed by atoms with E-state index in [0.717, 1.165) is 11.3 Å². The molecule has 0 radical (unpaired) electrons. The monoisotopic (exact) mass is 290 g/mol. The summed E-state index contributed by atoms with van der Waals surface area (Å²) < 4.78 is 1.62. The van der Waals surface area contributed by atoms with Gasteiger partial charge in [-0.3, -0.25) is 14.3 Å². The lowest BCUT2D eigenvalue weighted by Crippen LogP contribution is -2.39. The first-order chi connectivity index (χ1) is 10.8. The Morgan fingerprint density at radius 3 is 2.50 bits per heavy atom. The molecule has 1 aliphatic rings. The maximum absolute atomic E-state index is 12.8. The lowest BCUT2D eigenvalue weighted by Gasteiger charge is -2.24. The highest BCUT2D eigenvalue weighted by Gasteiger charge is 2.37. The second kappa shape index (κ2) is 5.11. The molecule has 0 saturated carbocycles. The third kappa shape index (κ3) is 1.98. The number of rotatable bonds is 2. The zero-order valence-corrected chi connectivity index (χ0v) is 11.8. The van der Waals surface area contributed by atoms with Gasteiger partial charge >= 0.3 is 0 Å². The second-order valence-corrected chi connectivity index (χ2v) is 5.20. The number of carbonyl (C=O) groups excluding carboxylic acids is 1. The van der Waals surface area contributed by atoms with E-state index in [1.54, 1.807) is 35.4 Å². The molecule has 108 valence electrons. The van der Waals surface area contributed by atoms with Crippen LogP contribution in [-0.2, 0) is 6.42 Å². The Morgan fingerprint density at radius 1 is 1.00 bits per heavy atom. The number of fused-ring (bicyclic) bond motifs is 1. The van der Waals surface area contributed by atoms with Crippen LogP contribution in [0.25, 0.3) is 0 Å². The van der Waals surface area contributed by atoms with Crippen molar-refractivity contribution in [3.8, 4) is 0 Å². The minimum atomic E-state index is -0.327. The third-order valence-corrected chi connectivity index (χ3v) is 3.89. The summed E-state index contributed by atoms with van der Waals surface area (Å²) in [5, 5.41) is 0. The predicted molar refractivity (Wildman–Crippen MR) is 83.2 cm³/mol. The van der Waals surface area contributed by atoms with Gasteiger partial charge in [0, 0.05) is 36.9 Å². The number of benzene rings is 1. The van der Waals surface area contributed by atoms with Crippen LogP contribution in [0.2, 0.25) is 0 Å². The van der Waals surface area contributed by atoms with Crippen LogP contribution < -0.4 is 4.90 Å². The molecule has 0 amide bonds. The van der Waals surface area contributed by atoms with E-state index in [1.165, 1.54) is 0 Å². The van der Waals surface area contributed by atoms with Crippen LogP contribution in [0.3, 0.4) is 0 Å². The topological polar surface area (TPSA) is 51.0 Å². The molecule has 1 atom stereocenters. The Balaban J connectivity index is 1.80. The molecule has 3 aromatic rings. The van der Waals surface area contributed by atoms with Crippen LogP contribution in [0, 0.1) is 0 Å². The van der Waals surface area contributed by atoms with E-state index in [4.69, 9.17) is 0 Å². The highest BCUT2D eigenvalue weighted by Crippen LogP contribution is 2.36. The molecule has 0 spiro atoms. The highest BCUT2D eigenvalue weighted by atomic mass is 16.2. The van der Waals surface area contributed by atoms with Crippen molar-refractivity contribution in [3.63, 3.8) is 0 Å². The minimum absolute atomic E-state index is 0.0219. The average molecular weight is 290 g/mol. The largest absolute Gasteiger partial charge is 0.297 e. The fourth-order valence-corrected chi connectivity index (χ4v) is 2.90. The van der Waals surface area contributed by atoms with E-state index in [9.17, 15) is 4.79 Å². The average Bonchev–Trinajstić information content (AvgIpc) is 3.22. The van der Waals surface area contributed by atoms with Gasteiger partial charge in [-0.1, -0.05) is 18.2 Å². The van der Waals surface area contributed by atoms with Crippen molar-refractivity contribution in [2.24, 2.45) is 0 Å². The number of para-hydroxylation sites is 1. The van der Waals surface area contributed by atoms with Crippen LogP contribution in [0.1, 0.15) is 10.4 Å². The van der Waals surface area contributed by atoms with Crippen molar-refractivity contribution in [1.82, 2.24) is 14.5 Å². The number of anilines is 2. The summed E-state index contributed by atoms with van der Waals surface area (Å²) in [5.41, 5.74) is 2.14. The third-order valence-electron chi connectivity index (χ3n) is 3.89. The van der Waals surface area contributed by atoms with Crippen LogP contribution >= 0.6 is 0 Å². The van der Waals surface area contributed by atoms with Crippen LogP contribution in [0.5, 0.6) is 0 Å².